The number of carbonyl (C=O) groups is 2. The van der Waals surface area contributed by atoms with E-state index in [0.717, 1.165) is 18.4 Å². The van der Waals surface area contributed by atoms with Gasteiger partial charge in [0.2, 0.25) is 0 Å². The van der Waals surface area contributed by atoms with Crippen LogP contribution in [0.15, 0.2) is 53.1 Å². The molecule has 7 heteroatoms. The van der Waals surface area contributed by atoms with E-state index in [1.807, 2.05) is 35.2 Å². The Morgan fingerprint density at radius 2 is 1.81 bits per heavy atom. The highest BCUT2D eigenvalue weighted by Crippen LogP contribution is 2.30. The minimum absolute atomic E-state index is 0.0686. The zero-order valence-electron chi connectivity index (χ0n) is 14.8. The van der Waals surface area contributed by atoms with E-state index in [-0.39, 0.29) is 24.1 Å². The van der Waals surface area contributed by atoms with Crippen LogP contribution in [0, 0.1) is 0 Å². The van der Waals surface area contributed by atoms with Crippen molar-refractivity contribution in [3.8, 4) is 0 Å². The fourth-order valence-corrected chi connectivity index (χ4v) is 4.03. The molecule has 2 fully saturated rings. The molecule has 0 N–H and O–H groups in total. The topological polar surface area (TPSA) is 62.7 Å². The predicted molar refractivity (Wildman–Crippen MR) is 103 cm³/mol. The number of amides is 2. The smallest absolute Gasteiger partial charge is 0.410 e. The largest absolute Gasteiger partial charge is 0.439 e. The lowest BCUT2D eigenvalue weighted by molar-refractivity contribution is 0.0652. The number of piperidine rings is 1. The van der Waals surface area contributed by atoms with Crippen LogP contribution >= 0.6 is 15.9 Å². The van der Waals surface area contributed by atoms with Crippen LogP contribution in [-0.4, -0.2) is 52.5 Å². The van der Waals surface area contributed by atoms with Gasteiger partial charge in [0, 0.05) is 19.1 Å². The Kier molecular flexibility index (Phi) is 5.11. The van der Waals surface area contributed by atoms with Crippen molar-refractivity contribution in [3.05, 3.63) is 64.4 Å². The van der Waals surface area contributed by atoms with Gasteiger partial charge >= 0.3 is 6.09 Å². The lowest BCUT2D eigenvalue weighted by atomic mass is 10.0. The second-order valence-electron chi connectivity index (χ2n) is 6.80. The van der Waals surface area contributed by atoms with Crippen molar-refractivity contribution >= 4 is 27.9 Å². The van der Waals surface area contributed by atoms with Gasteiger partial charge in [-0.2, -0.15) is 0 Å². The first kappa shape index (κ1) is 18.0. The van der Waals surface area contributed by atoms with E-state index >= 15 is 0 Å². The fourth-order valence-electron chi connectivity index (χ4n) is 3.69. The van der Waals surface area contributed by atoms with Crippen LogP contribution in [0.5, 0.6) is 0 Å². The van der Waals surface area contributed by atoms with E-state index in [1.54, 1.807) is 23.1 Å². The molecule has 2 aliphatic heterocycles. The van der Waals surface area contributed by atoms with Crippen LogP contribution in [-0.2, 0) is 4.74 Å². The van der Waals surface area contributed by atoms with Crippen LogP contribution in [0.1, 0.15) is 35.0 Å². The summed E-state index contributed by atoms with van der Waals surface area (Å²) in [6.45, 7) is 1.78. The average Bonchev–Trinajstić information content (AvgIpc) is 3.10. The van der Waals surface area contributed by atoms with Gasteiger partial charge in [-0.15, -0.1) is 0 Å². The average molecular weight is 430 g/mol. The third-order valence-corrected chi connectivity index (χ3v) is 5.58. The van der Waals surface area contributed by atoms with Crippen molar-refractivity contribution in [2.24, 2.45) is 0 Å². The van der Waals surface area contributed by atoms with Crippen molar-refractivity contribution in [2.45, 2.75) is 25.0 Å². The highest BCUT2D eigenvalue weighted by Gasteiger charge is 2.38. The van der Waals surface area contributed by atoms with Crippen LogP contribution in [0.4, 0.5) is 4.79 Å². The molecule has 2 aromatic rings. The third kappa shape index (κ3) is 3.83. The van der Waals surface area contributed by atoms with Gasteiger partial charge in [0.05, 0.1) is 6.54 Å². The molecule has 3 heterocycles. The number of halogens is 1. The monoisotopic (exact) mass is 429 g/mol. The van der Waals surface area contributed by atoms with Gasteiger partial charge in [0.15, 0.2) is 0 Å². The predicted octanol–water partition coefficient (Wildman–Crippen LogP) is 3.64. The highest BCUT2D eigenvalue weighted by atomic mass is 79.9. The van der Waals surface area contributed by atoms with Crippen molar-refractivity contribution in [2.75, 3.05) is 19.6 Å². The van der Waals surface area contributed by atoms with Gasteiger partial charge in [-0.3, -0.25) is 4.79 Å². The van der Waals surface area contributed by atoms with Gasteiger partial charge in [0.25, 0.3) is 5.91 Å². The Morgan fingerprint density at radius 3 is 2.52 bits per heavy atom. The number of rotatable bonds is 3. The number of benzene rings is 1. The molecule has 0 saturated carbocycles. The number of nitrogens with zero attached hydrogens (tertiary/aromatic N) is 3. The zero-order chi connectivity index (χ0) is 18.8. The summed E-state index contributed by atoms with van der Waals surface area (Å²) in [6.07, 6.45) is 1.01. The second kappa shape index (κ2) is 7.68. The van der Waals surface area contributed by atoms with Gasteiger partial charge in [-0.05, 0) is 46.5 Å². The number of pyridine rings is 1. The van der Waals surface area contributed by atoms with E-state index in [9.17, 15) is 9.59 Å². The normalized spacial score (nSPS) is 20.6. The molecule has 2 aliphatic rings. The molecule has 2 saturated heterocycles. The van der Waals surface area contributed by atoms with Crippen LogP contribution in [0.3, 0.4) is 0 Å². The summed E-state index contributed by atoms with van der Waals surface area (Å²) in [5, 5.41) is 0. The number of likely N-dealkylation sites (tertiary alicyclic amines) is 1. The molecule has 0 bridgehead atoms. The Morgan fingerprint density at radius 1 is 1.07 bits per heavy atom. The van der Waals surface area contributed by atoms with Crippen molar-refractivity contribution < 1.29 is 14.3 Å². The van der Waals surface area contributed by atoms with E-state index in [2.05, 4.69) is 20.9 Å². The maximum absolute atomic E-state index is 12.6. The maximum Gasteiger partial charge on any atom is 0.410 e. The van der Waals surface area contributed by atoms with Gasteiger partial charge < -0.3 is 14.5 Å². The van der Waals surface area contributed by atoms with Crippen molar-refractivity contribution in [1.82, 2.24) is 14.8 Å². The molecule has 4 rings (SSSR count). The quantitative estimate of drug-likeness (QED) is 0.698. The summed E-state index contributed by atoms with van der Waals surface area (Å²) in [4.78, 5) is 32.8. The van der Waals surface area contributed by atoms with E-state index in [0.29, 0.717) is 29.9 Å². The number of hydrogen-bond acceptors (Lipinski definition) is 4. The summed E-state index contributed by atoms with van der Waals surface area (Å²) in [5.41, 5.74) is 1.45. The Labute approximate surface area is 166 Å². The lowest BCUT2D eigenvalue weighted by Crippen LogP contribution is -2.47. The van der Waals surface area contributed by atoms with E-state index in [1.165, 1.54) is 0 Å². The minimum atomic E-state index is -0.262. The van der Waals surface area contributed by atoms with Gasteiger partial charge in [-0.25, -0.2) is 9.78 Å². The maximum atomic E-state index is 12.6. The van der Waals surface area contributed by atoms with Crippen molar-refractivity contribution in [3.63, 3.8) is 0 Å². The van der Waals surface area contributed by atoms with Crippen LogP contribution in [0.2, 0.25) is 0 Å². The fraction of sp³-hybridized carbons (Fsp3) is 0.350. The molecule has 1 aromatic carbocycles. The highest BCUT2D eigenvalue weighted by molar-refractivity contribution is 9.10. The standard InChI is InChI=1S/C20H20BrN3O3/c21-18-8-4-7-16(22-18)19(25)23-11-9-15(10-12-23)24-13-17(27-20(24)26)14-5-2-1-3-6-14/h1-8,15,17H,9-13H2. The summed E-state index contributed by atoms with van der Waals surface area (Å²) in [7, 11) is 0. The summed E-state index contributed by atoms with van der Waals surface area (Å²) >= 11 is 3.30. The second-order valence-corrected chi connectivity index (χ2v) is 7.62. The molecule has 1 unspecified atom stereocenters. The Balaban J connectivity index is 1.36. The van der Waals surface area contributed by atoms with E-state index < -0.39 is 0 Å². The van der Waals surface area contributed by atoms with E-state index in [4.69, 9.17) is 4.74 Å². The molecule has 1 atom stereocenters. The van der Waals surface area contributed by atoms with Crippen molar-refractivity contribution in [1.29, 1.82) is 0 Å². The molecular formula is C20H20BrN3O3. The molecule has 0 radical (unpaired) electrons. The van der Waals surface area contributed by atoms with Crippen LogP contribution < -0.4 is 0 Å². The third-order valence-electron chi connectivity index (χ3n) is 5.14. The van der Waals surface area contributed by atoms with Crippen LogP contribution in [0.25, 0.3) is 0 Å². The minimum Gasteiger partial charge on any atom is -0.439 e. The first-order valence-corrected chi connectivity index (χ1v) is 9.85. The molecule has 27 heavy (non-hydrogen) atoms. The summed E-state index contributed by atoms with van der Waals surface area (Å²) in [6, 6.07) is 15.2. The zero-order valence-corrected chi connectivity index (χ0v) is 16.3. The molecule has 140 valence electrons. The number of cyclic esters (lactones) is 1. The summed E-state index contributed by atoms with van der Waals surface area (Å²) in [5.74, 6) is -0.0686. The number of hydrogen-bond donors (Lipinski definition) is 0. The number of ether oxygens (including phenoxy) is 1. The first-order chi connectivity index (χ1) is 13.1. The number of carbonyl (C=O) groups excluding carboxylic acids is 2. The molecular weight excluding hydrogens is 410 g/mol. The van der Waals surface area contributed by atoms with Gasteiger partial charge in [-0.1, -0.05) is 36.4 Å². The number of aromatic nitrogens is 1. The molecule has 0 spiro atoms. The lowest BCUT2D eigenvalue weighted by Gasteiger charge is -2.35. The SMILES string of the molecule is O=C(c1cccc(Br)n1)N1CCC(N2CC(c3ccccc3)OC2=O)CC1. The molecule has 1 aromatic heterocycles. The Bertz CT molecular complexity index is 837. The summed E-state index contributed by atoms with van der Waals surface area (Å²) < 4.78 is 6.21. The molecule has 0 aliphatic carbocycles. The first-order valence-electron chi connectivity index (χ1n) is 9.06. The Hall–Kier alpha value is -2.41. The van der Waals surface area contributed by atoms with Gasteiger partial charge in [0.1, 0.15) is 16.4 Å². The molecule has 6 nitrogen and oxygen atoms in total. The molecule has 2 amide bonds.